The van der Waals surface area contributed by atoms with Crippen molar-refractivity contribution in [2.45, 2.75) is 19.9 Å². The lowest BCUT2D eigenvalue weighted by Gasteiger charge is -2.11. The number of nitrogens with zero attached hydrogens (tertiary/aromatic N) is 1. The van der Waals surface area contributed by atoms with Gasteiger partial charge in [0.15, 0.2) is 6.61 Å². The molecule has 0 amide bonds. The minimum atomic E-state index is -0.840. The summed E-state index contributed by atoms with van der Waals surface area (Å²) in [6.45, 7) is 1.69. The van der Waals surface area contributed by atoms with Crippen LogP contribution >= 0.6 is 23.2 Å². The van der Waals surface area contributed by atoms with Gasteiger partial charge in [-0.25, -0.2) is 4.79 Å². The van der Waals surface area contributed by atoms with Gasteiger partial charge in [-0.2, -0.15) is 0 Å². The Hall–Kier alpha value is -2.25. The topological polar surface area (TPSA) is 107 Å². The number of anilines is 1. The molecule has 2 rings (SSSR count). The Kier molecular flexibility index (Phi) is 5.69. The van der Waals surface area contributed by atoms with Crippen LogP contribution in [0.15, 0.2) is 27.8 Å². The van der Waals surface area contributed by atoms with Gasteiger partial charge in [-0.3, -0.25) is 19.1 Å². The standard InChI is InChI=1S/C15H15Cl2N3O4/c1-2-5-20-13(18)12(14(22)19-15(20)23)11(21)7-24-8-3-4-9(16)10(17)6-8/h3-4,6H,2,5,7,18H2,1H3,(H,19,22,23). The molecule has 3 N–H and O–H groups in total. The molecule has 7 nitrogen and oxygen atoms in total. The predicted molar refractivity (Wildman–Crippen MR) is 92.3 cm³/mol. The molecule has 24 heavy (non-hydrogen) atoms. The van der Waals surface area contributed by atoms with Crippen molar-refractivity contribution in [3.63, 3.8) is 0 Å². The summed E-state index contributed by atoms with van der Waals surface area (Å²) in [5, 5.41) is 0.623. The average molecular weight is 372 g/mol. The van der Waals surface area contributed by atoms with Gasteiger partial charge < -0.3 is 10.5 Å². The van der Waals surface area contributed by atoms with Crippen LogP contribution in [0.1, 0.15) is 23.7 Å². The van der Waals surface area contributed by atoms with Crippen LogP contribution in [0.5, 0.6) is 5.75 Å². The highest BCUT2D eigenvalue weighted by atomic mass is 35.5. The first-order valence-corrected chi connectivity index (χ1v) is 7.84. The molecule has 0 unspecified atom stereocenters. The average Bonchev–Trinajstić information content (AvgIpc) is 2.52. The predicted octanol–water partition coefficient (Wildman–Crippen LogP) is 2.10. The zero-order chi connectivity index (χ0) is 17.9. The van der Waals surface area contributed by atoms with Crippen molar-refractivity contribution in [2.75, 3.05) is 12.3 Å². The second kappa shape index (κ2) is 7.55. The summed E-state index contributed by atoms with van der Waals surface area (Å²) < 4.78 is 6.46. The van der Waals surface area contributed by atoms with Crippen LogP contribution < -0.4 is 21.7 Å². The van der Waals surface area contributed by atoms with Crippen LogP contribution in [-0.4, -0.2) is 21.9 Å². The van der Waals surface area contributed by atoms with Crippen molar-refractivity contribution in [3.8, 4) is 5.75 Å². The van der Waals surface area contributed by atoms with E-state index in [0.29, 0.717) is 17.2 Å². The molecule has 0 bridgehead atoms. The molecule has 0 aliphatic heterocycles. The molecule has 1 heterocycles. The van der Waals surface area contributed by atoms with E-state index in [4.69, 9.17) is 33.7 Å². The van der Waals surface area contributed by atoms with Gasteiger partial charge in [0.05, 0.1) is 10.0 Å². The van der Waals surface area contributed by atoms with E-state index < -0.39 is 23.6 Å². The van der Waals surface area contributed by atoms with Crippen LogP contribution in [0.25, 0.3) is 0 Å². The molecule has 2 aromatic rings. The highest BCUT2D eigenvalue weighted by molar-refractivity contribution is 6.42. The highest BCUT2D eigenvalue weighted by Crippen LogP contribution is 2.26. The maximum atomic E-state index is 12.3. The lowest BCUT2D eigenvalue weighted by atomic mass is 10.2. The second-order valence-electron chi connectivity index (χ2n) is 4.96. The Labute approximate surface area is 147 Å². The number of halogens is 2. The molecule has 0 aliphatic carbocycles. The number of nitrogen functional groups attached to an aromatic ring is 1. The molecule has 128 valence electrons. The Morgan fingerprint density at radius 3 is 2.62 bits per heavy atom. The van der Waals surface area contributed by atoms with Crippen LogP contribution in [0, 0.1) is 0 Å². The molecular formula is C15H15Cl2N3O4. The fourth-order valence-electron chi connectivity index (χ4n) is 2.09. The van der Waals surface area contributed by atoms with Crippen LogP contribution in [0.4, 0.5) is 5.82 Å². The van der Waals surface area contributed by atoms with E-state index in [1.807, 2.05) is 6.92 Å². The Balaban J connectivity index is 2.26. The summed E-state index contributed by atoms with van der Waals surface area (Å²) in [5.74, 6) is -0.507. The molecule has 1 aromatic carbocycles. The van der Waals surface area contributed by atoms with Crippen molar-refractivity contribution in [1.82, 2.24) is 9.55 Å². The first-order valence-electron chi connectivity index (χ1n) is 7.08. The molecule has 9 heteroatoms. The third kappa shape index (κ3) is 3.80. The minimum absolute atomic E-state index is 0.173. The van der Waals surface area contributed by atoms with E-state index in [9.17, 15) is 14.4 Å². The number of ketones is 1. The minimum Gasteiger partial charge on any atom is -0.485 e. The van der Waals surface area contributed by atoms with Crippen molar-refractivity contribution in [1.29, 1.82) is 0 Å². The summed E-state index contributed by atoms with van der Waals surface area (Å²) in [6.07, 6.45) is 0.615. The molecule has 0 saturated heterocycles. The smallest absolute Gasteiger partial charge is 0.329 e. The molecule has 0 fully saturated rings. The molecule has 0 radical (unpaired) electrons. The fourth-order valence-corrected chi connectivity index (χ4v) is 2.38. The third-order valence-electron chi connectivity index (χ3n) is 3.23. The van der Waals surface area contributed by atoms with Crippen molar-refractivity contribution >= 4 is 34.8 Å². The van der Waals surface area contributed by atoms with Gasteiger partial charge in [-0.1, -0.05) is 30.1 Å². The summed E-state index contributed by atoms with van der Waals surface area (Å²) in [6, 6.07) is 4.50. The summed E-state index contributed by atoms with van der Waals surface area (Å²) in [5.41, 5.74) is 4.02. The van der Waals surface area contributed by atoms with Gasteiger partial charge in [-0.05, 0) is 18.6 Å². The number of carbonyl (C=O) groups is 1. The lowest BCUT2D eigenvalue weighted by Crippen LogP contribution is -2.37. The maximum absolute atomic E-state index is 12.3. The molecule has 0 atom stereocenters. The highest BCUT2D eigenvalue weighted by Gasteiger charge is 2.19. The number of hydrogen-bond acceptors (Lipinski definition) is 5. The van der Waals surface area contributed by atoms with Crippen molar-refractivity contribution in [2.24, 2.45) is 0 Å². The monoisotopic (exact) mass is 371 g/mol. The fraction of sp³-hybridized carbons (Fsp3) is 0.267. The SMILES string of the molecule is CCCn1c(N)c(C(=O)COc2ccc(Cl)c(Cl)c2)c(=O)[nH]c1=O. The number of benzene rings is 1. The Bertz CT molecular complexity index is 889. The molecule has 0 aliphatic rings. The lowest BCUT2D eigenvalue weighted by molar-refractivity contribution is 0.0920. The van der Waals surface area contributed by atoms with Gasteiger partial charge in [0.25, 0.3) is 5.56 Å². The zero-order valence-electron chi connectivity index (χ0n) is 12.8. The van der Waals surface area contributed by atoms with Crippen molar-refractivity contribution in [3.05, 3.63) is 54.6 Å². The Morgan fingerprint density at radius 2 is 2.00 bits per heavy atom. The number of aromatic amines is 1. The largest absolute Gasteiger partial charge is 0.485 e. The molecular weight excluding hydrogens is 357 g/mol. The normalized spacial score (nSPS) is 10.6. The maximum Gasteiger partial charge on any atom is 0.329 e. The van der Waals surface area contributed by atoms with E-state index in [2.05, 4.69) is 4.98 Å². The molecule has 0 saturated carbocycles. The third-order valence-corrected chi connectivity index (χ3v) is 3.97. The number of aromatic nitrogens is 2. The van der Waals surface area contributed by atoms with E-state index in [1.165, 1.54) is 18.2 Å². The number of H-pyrrole nitrogens is 1. The van der Waals surface area contributed by atoms with Crippen LogP contribution in [0.3, 0.4) is 0 Å². The number of carbonyl (C=O) groups excluding carboxylic acids is 1. The number of nitrogens with one attached hydrogen (secondary N) is 1. The summed E-state index contributed by atoms with van der Waals surface area (Å²) in [7, 11) is 0. The van der Waals surface area contributed by atoms with E-state index in [0.717, 1.165) is 4.57 Å². The first-order chi connectivity index (χ1) is 11.3. The molecule has 0 spiro atoms. The van der Waals surface area contributed by atoms with E-state index in [-0.39, 0.29) is 22.9 Å². The quantitative estimate of drug-likeness (QED) is 0.755. The van der Waals surface area contributed by atoms with E-state index >= 15 is 0 Å². The van der Waals surface area contributed by atoms with Crippen molar-refractivity contribution < 1.29 is 9.53 Å². The zero-order valence-corrected chi connectivity index (χ0v) is 14.3. The number of ether oxygens (including phenoxy) is 1. The summed E-state index contributed by atoms with van der Waals surface area (Å²) in [4.78, 5) is 38.0. The number of Topliss-reactive ketones (excluding diaryl/α,β-unsaturated/α-hetero) is 1. The number of nitrogens with two attached hydrogens (primary N) is 1. The Morgan fingerprint density at radius 1 is 1.29 bits per heavy atom. The molecule has 1 aromatic heterocycles. The van der Waals surface area contributed by atoms with Crippen LogP contribution in [-0.2, 0) is 6.54 Å². The van der Waals surface area contributed by atoms with Gasteiger partial charge in [0.2, 0.25) is 5.78 Å². The number of hydrogen-bond donors (Lipinski definition) is 2. The van der Waals surface area contributed by atoms with Gasteiger partial charge in [0.1, 0.15) is 17.1 Å². The second-order valence-corrected chi connectivity index (χ2v) is 5.77. The first kappa shape index (κ1) is 18.1. The number of rotatable bonds is 6. The van der Waals surface area contributed by atoms with Crippen LogP contribution in [0.2, 0.25) is 10.0 Å². The van der Waals surface area contributed by atoms with Gasteiger partial charge >= 0.3 is 5.69 Å². The van der Waals surface area contributed by atoms with Gasteiger partial charge in [-0.15, -0.1) is 0 Å². The van der Waals surface area contributed by atoms with E-state index in [1.54, 1.807) is 0 Å². The summed E-state index contributed by atoms with van der Waals surface area (Å²) >= 11 is 11.7. The van der Waals surface area contributed by atoms with Gasteiger partial charge in [0, 0.05) is 12.6 Å².